The summed E-state index contributed by atoms with van der Waals surface area (Å²) in [5.41, 5.74) is 0.306. The second-order valence-electron chi connectivity index (χ2n) is 4.83. The van der Waals surface area contributed by atoms with E-state index in [1.165, 1.54) is 25.3 Å². The highest BCUT2D eigenvalue weighted by atomic mass is 19.1. The zero-order valence-electron chi connectivity index (χ0n) is 11.4. The highest BCUT2D eigenvalue weighted by Crippen LogP contribution is 2.18. The third-order valence-electron chi connectivity index (χ3n) is 2.72. The monoisotopic (exact) mass is 269 g/mol. The zero-order valence-corrected chi connectivity index (χ0v) is 11.4. The Bertz CT molecular complexity index is 435. The molecule has 0 aliphatic rings. The van der Waals surface area contributed by atoms with Crippen molar-refractivity contribution in [2.45, 2.75) is 26.3 Å². The van der Waals surface area contributed by atoms with Gasteiger partial charge in [-0.15, -0.1) is 0 Å². The lowest BCUT2D eigenvalue weighted by molar-refractivity contribution is 0.0908. The molecule has 4 nitrogen and oxygen atoms in total. The number of aliphatic hydroxyl groups is 1. The van der Waals surface area contributed by atoms with E-state index in [9.17, 15) is 14.3 Å². The molecule has 19 heavy (non-hydrogen) atoms. The van der Waals surface area contributed by atoms with E-state index in [1.54, 1.807) is 0 Å². The lowest BCUT2D eigenvalue weighted by Crippen LogP contribution is -2.38. The maximum absolute atomic E-state index is 13.2. The van der Waals surface area contributed by atoms with Crippen LogP contribution in [-0.4, -0.2) is 30.8 Å². The Morgan fingerprint density at radius 2 is 2.16 bits per heavy atom. The van der Waals surface area contributed by atoms with Gasteiger partial charge in [-0.3, -0.25) is 4.79 Å². The maximum Gasteiger partial charge on any atom is 0.251 e. The van der Waals surface area contributed by atoms with Crippen LogP contribution in [0, 0.1) is 11.7 Å². The Labute approximate surface area is 112 Å². The van der Waals surface area contributed by atoms with Crippen LogP contribution in [0.5, 0.6) is 5.75 Å². The smallest absolute Gasteiger partial charge is 0.251 e. The molecule has 1 unspecified atom stereocenters. The van der Waals surface area contributed by atoms with Crippen molar-refractivity contribution in [3.63, 3.8) is 0 Å². The molecule has 1 rings (SSSR count). The van der Waals surface area contributed by atoms with Crippen molar-refractivity contribution in [3.8, 4) is 5.75 Å². The third kappa shape index (κ3) is 4.52. The predicted octanol–water partition coefficient (Wildman–Crippen LogP) is 1.97. The van der Waals surface area contributed by atoms with Gasteiger partial charge in [-0.25, -0.2) is 4.39 Å². The van der Waals surface area contributed by atoms with Gasteiger partial charge in [-0.2, -0.15) is 0 Å². The SMILES string of the molecule is COc1cc(C(=O)NC(CO)CC(C)C)ccc1F. The molecule has 0 spiro atoms. The first-order valence-electron chi connectivity index (χ1n) is 6.23. The molecule has 1 atom stereocenters. The van der Waals surface area contributed by atoms with Crippen LogP contribution in [0.2, 0.25) is 0 Å². The number of hydrogen-bond acceptors (Lipinski definition) is 3. The fourth-order valence-electron chi connectivity index (χ4n) is 1.82. The van der Waals surface area contributed by atoms with Gasteiger partial charge in [0.2, 0.25) is 0 Å². The van der Waals surface area contributed by atoms with Crippen LogP contribution in [0.25, 0.3) is 0 Å². The van der Waals surface area contributed by atoms with Crippen molar-refractivity contribution in [1.29, 1.82) is 0 Å². The van der Waals surface area contributed by atoms with E-state index in [4.69, 9.17) is 4.74 Å². The van der Waals surface area contributed by atoms with E-state index in [-0.39, 0.29) is 24.3 Å². The van der Waals surface area contributed by atoms with Gasteiger partial charge in [-0.1, -0.05) is 13.8 Å². The van der Waals surface area contributed by atoms with Crippen LogP contribution in [0.15, 0.2) is 18.2 Å². The molecule has 2 N–H and O–H groups in total. The van der Waals surface area contributed by atoms with Crippen LogP contribution in [0.3, 0.4) is 0 Å². The lowest BCUT2D eigenvalue weighted by atomic mass is 10.0. The number of rotatable bonds is 6. The van der Waals surface area contributed by atoms with Crippen molar-refractivity contribution in [2.24, 2.45) is 5.92 Å². The number of halogens is 1. The summed E-state index contributed by atoms with van der Waals surface area (Å²) in [6.45, 7) is 3.90. The molecule has 0 aromatic heterocycles. The van der Waals surface area contributed by atoms with Crippen molar-refractivity contribution in [2.75, 3.05) is 13.7 Å². The van der Waals surface area contributed by atoms with E-state index in [0.717, 1.165) is 0 Å². The van der Waals surface area contributed by atoms with E-state index >= 15 is 0 Å². The summed E-state index contributed by atoms with van der Waals surface area (Å²) >= 11 is 0. The van der Waals surface area contributed by atoms with Gasteiger partial charge in [0.05, 0.1) is 19.8 Å². The Kier molecular flexibility index (Phi) is 5.76. The summed E-state index contributed by atoms with van der Waals surface area (Å²) in [5.74, 6) is -0.477. The second-order valence-corrected chi connectivity index (χ2v) is 4.83. The molecule has 0 saturated carbocycles. The molecule has 0 bridgehead atoms. The van der Waals surface area contributed by atoms with E-state index in [0.29, 0.717) is 17.9 Å². The summed E-state index contributed by atoms with van der Waals surface area (Å²) in [6, 6.07) is 3.61. The minimum Gasteiger partial charge on any atom is -0.494 e. The van der Waals surface area contributed by atoms with Gasteiger partial charge >= 0.3 is 0 Å². The first kappa shape index (κ1) is 15.4. The van der Waals surface area contributed by atoms with Crippen LogP contribution >= 0.6 is 0 Å². The molecule has 1 aromatic carbocycles. The van der Waals surface area contributed by atoms with Gasteiger partial charge in [0.1, 0.15) is 0 Å². The van der Waals surface area contributed by atoms with Crippen molar-refractivity contribution >= 4 is 5.91 Å². The van der Waals surface area contributed by atoms with Crippen LogP contribution in [-0.2, 0) is 0 Å². The van der Waals surface area contributed by atoms with Crippen molar-refractivity contribution < 1.29 is 19.0 Å². The molecule has 1 amide bonds. The molecule has 0 fully saturated rings. The molecule has 106 valence electrons. The second kappa shape index (κ2) is 7.09. The molecular formula is C14H20FNO3. The summed E-state index contributed by atoms with van der Waals surface area (Å²) in [5, 5.41) is 11.9. The average molecular weight is 269 g/mol. The fraction of sp³-hybridized carbons (Fsp3) is 0.500. The number of carbonyl (C=O) groups is 1. The highest BCUT2D eigenvalue weighted by molar-refractivity contribution is 5.94. The van der Waals surface area contributed by atoms with Crippen molar-refractivity contribution in [3.05, 3.63) is 29.6 Å². The van der Waals surface area contributed by atoms with Crippen LogP contribution < -0.4 is 10.1 Å². The zero-order chi connectivity index (χ0) is 14.4. The van der Waals surface area contributed by atoms with E-state index < -0.39 is 5.82 Å². The first-order valence-corrected chi connectivity index (χ1v) is 6.23. The Morgan fingerprint density at radius 3 is 2.68 bits per heavy atom. The number of methoxy groups -OCH3 is 1. The molecule has 0 aliphatic carbocycles. The van der Waals surface area contributed by atoms with E-state index in [1.807, 2.05) is 13.8 Å². The number of carbonyl (C=O) groups excluding carboxylic acids is 1. The van der Waals surface area contributed by atoms with Gasteiger partial charge < -0.3 is 15.2 Å². The molecule has 0 heterocycles. The normalized spacial score (nSPS) is 12.3. The number of ether oxygens (including phenoxy) is 1. The van der Waals surface area contributed by atoms with Gasteiger partial charge in [-0.05, 0) is 30.5 Å². The number of benzene rings is 1. The van der Waals surface area contributed by atoms with E-state index in [2.05, 4.69) is 5.32 Å². The van der Waals surface area contributed by atoms with Gasteiger partial charge in [0.15, 0.2) is 11.6 Å². The minimum absolute atomic E-state index is 0.0251. The standard InChI is InChI=1S/C14H20FNO3/c1-9(2)6-11(8-17)16-14(18)10-4-5-12(15)13(7-10)19-3/h4-5,7,9,11,17H,6,8H2,1-3H3,(H,16,18). The van der Waals surface area contributed by atoms with Crippen molar-refractivity contribution in [1.82, 2.24) is 5.32 Å². The summed E-state index contributed by atoms with van der Waals surface area (Å²) in [6.07, 6.45) is 0.681. The highest BCUT2D eigenvalue weighted by Gasteiger charge is 2.15. The number of nitrogens with one attached hydrogen (secondary N) is 1. The van der Waals surface area contributed by atoms with Gasteiger partial charge in [0, 0.05) is 5.56 Å². The maximum atomic E-state index is 13.2. The molecule has 0 radical (unpaired) electrons. The molecular weight excluding hydrogens is 249 g/mol. The van der Waals surface area contributed by atoms with Crippen LogP contribution in [0.1, 0.15) is 30.6 Å². The predicted molar refractivity (Wildman–Crippen MR) is 70.7 cm³/mol. The number of hydrogen-bond donors (Lipinski definition) is 2. The largest absolute Gasteiger partial charge is 0.494 e. The first-order chi connectivity index (χ1) is 8.97. The summed E-state index contributed by atoms with van der Waals surface area (Å²) in [4.78, 5) is 12.0. The number of amides is 1. The summed E-state index contributed by atoms with van der Waals surface area (Å²) in [7, 11) is 1.34. The van der Waals surface area contributed by atoms with Gasteiger partial charge in [0.25, 0.3) is 5.91 Å². The Hall–Kier alpha value is -1.62. The van der Waals surface area contributed by atoms with Crippen LogP contribution in [0.4, 0.5) is 4.39 Å². The topological polar surface area (TPSA) is 58.6 Å². The molecule has 1 aromatic rings. The molecule has 5 heteroatoms. The molecule has 0 saturated heterocycles. The minimum atomic E-state index is -0.514. The average Bonchev–Trinajstić information content (AvgIpc) is 2.37. The summed E-state index contributed by atoms with van der Waals surface area (Å²) < 4.78 is 18.1. The Balaban J connectivity index is 2.77. The number of aliphatic hydroxyl groups excluding tert-OH is 1. The lowest BCUT2D eigenvalue weighted by Gasteiger charge is -2.18. The quantitative estimate of drug-likeness (QED) is 0.830. The fourth-order valence-corrected chi connectivity index (χ4v) is 1.82. The third-order valence-corrected chi connectivity index (χ3v) is 2.72. The Morgan fingerprint density at radius 1 is 1.47 bits per heavy atom. The molecule has 0 aliphatic heterocycles.